The molecule has 2 aliphatic rings. The highest BCUT2D eigenvalue weighted by atomic mass is 15.3. The van der Waals surface area contributed by atoms with E-state index in [1.807, 2.05) is 0 Å². The Morgan fingerprint density at radius 1 is 1.36 bits per heavy atom. The van der Waals surface area contributed by atoms with Gasteiger partial charge in [0.15, 0.2) is 0 Å². The van der Waals surface area contributed by atoms with Crippen molar-refractivity contribution in [2.45, 2.75) is 57.5 Å². The van der Waals surface area contributed by atoms with Crippen LogP contribution < -0.4 is 5.73 Å². The number of rotatable bonds is 3. The maximum atomic E-state index is 5.94. The van der Waals surface area contributed by atoms with Gasteiger partial charge in [-0.3, -0.25) is 4.90 Å². The molecule has 2 rings (SSSR count). The van der Waals surface area contributed by atoms with E-state index in [2.05, 4.69) is 18.7 Å². The normalized spacial score (nSPS) is 37.1. The molecule has 82 valence electrons. The maximum absolute atomic E-state index is 5.94. The number of hydrogen-bond donors (Lipinski definition) is 1. The third-order valence-corrected chi connectivity index (χ3v) is 4.65. The van der Waals surface area contributed by atoms with E-state index in [1.165, 1.54) is 38.6 Å². The molecule has 2 heteroatoms. The Morgan fingerprint density at radius 2 is 2.14 bits per heavy atom. The lowest BCUT2D eigenvalue weighted by Crippen LogP contribution is -2.53. The SMILES string of the molecule is CCC(C)(CN)N1CCC2CCCC21. The van der Waals surface area contributed by atoms with Gasteiger partial charge in [-0.15, -0.1) is 0 Å². The molecule has 0 spiro atoms. The van der Waals surface area contributed by atoms with Crippen LogP contribution in [0, 0.1) is 5.92 Å². The third-order valence-electron chi connectivity index (χ3n) is 4.65. The van der Waals surface area contributed by atoms with Crippen LogP contribution in [0.3, 0.4) is 0 Å². The minimum atomic E-state index is 0.268. The first-order chi connectivity index (χ1) is 6.71. The molecule has 0 amide bonds. The highest BCUT2D eigenvalue weighted by Gasteiger charge is 2.44. The van der Waals surface area contributed by atoms with Gasteiger partial charge in [-0.1, -0.05) is 13.3 Å². The molecule has 0 aromatic rings. The van der Waals surface area contributed by atoms with Gasteiger partial charge in [-0.25, -0.2) is 0 Å². The van der Waals surface area contributed by atoms with E-state index in [4.69, 9.17) is 5.73 Å². The molecule has 2 nitrogen and oxygen atoms in total. The second kappa shape index (κ2) is 3.82. The van der Waals surface area contributed by atoms with E-state index in [0.717, 1.165) is 18.5 Å². The van der Waals surface area contributed by atoms with Crippen LogP contribution in [0.15, 0.2) is 0 Å². The van der Waals surface area contributed by atoms with Crippen molar-refractivity contribution in [2.75, 3.05) is 13.1 Å². The van der Waals surface area contributed by atoms with Crippen LogP contribution in [0.2, 0.25) is 0 Å². The molecule has 2 N–H and O–H groups in total. The third kappa shape index (κ3) is 1.49. The summed E-state index contributed by atoms with van der Waals surface area (Å²) in [4.78, 5) is 2.71. The minimum Gasteiger partial charge on any atom is -0.329 e. The van der Waals surface area contributed by atoms with E-state index < -0.39 is 0 Å². The van der Waals surface area contributed by atoms with Crippen molar-refractivity contribution in [3.05, 3.63) is 0 Å². The molecule has 1 aliphatic heterocycles. The van der Waals surface area contributed by atoms with Gasteiger partial charge in [0.05, 0.1) is 0 Å². The van der Waals surface area contributed by atoms with Gasteiger partial charge in [0.25, 0.3) is 0 Å². The first-order valence-electron chi connectivity index (χ1n) is 6.18. The molecule has 2 fully saturated rings. The summed E-state index contributed by atoms with van der Waals surface area (Å²) in [5.41, 5.74) is 6.21. The zero-order valence-corrected chi connectivity index (χ0v) is 9.63. The smallest absolute Gasteiger partial charge is 0.0304 e. The largest absolute Gasteiger partial charge is 0.329 e. The van der Waals surface area contributed by atoms with Gasteiger partial charge < -0.3 is 5.73 Å². The molecule has 0 aromatic carbocycles. The van der Waals surface area contributed by atoms with E-state index >= 15 is 0 Å². The zero-order valence-electron chi connectivity index (χ0n) is 9.63. The van der Waals surface area contributed by atoms with E-state index in [9.17, 15) is 0 Å². The van der Waals surface area contributed by atoms with Crippen LogP contribution in [-0.2, 0) is 0 Å². The Balaban J connectivity index is 2.10. The molecule has 3 unspecified atom stereocenters. The van der Waals surface area contributed by atoms with Crippen LogP contribution in [0.1, 0.15) is 46.0 Å². The quantitative estimate of drug-likeness (QED) is 0.748. The van der Waals surface area contributed by atoms with Crippen LogP contribution in [-0.4, -0.2) is 29.6 Å². The monoisotopic (exact) mass is 196 g/mol. The first kappa shape index (κ1) is 10.4. The van der Waals surface area contributed by atoms with Crippen LogP contribution >= 0.6 is 0 Å². The van der Waals surface area contributed by atoms with Crippen LogP contribution in [0.4, 0.5) is 0 Å². The summed E-state index contributed by atoms with van der Waals surface area (Å²) in [5.74, 6) is 0.993. The van der Waals surface area contributed by atoms with Crippen molar-refractivity contribution < 1.29 is 0 Å². The molecule has 1 saturated carbocycles. The summed E-state index contributed by atoms with van der Waals surface area (Å²) >= 11 is 0. The molecule has 1 saturated heterocycles. The highest BCUT2D eigenvalue weighted by Crippen LogP contribution is 2.41. The number of likely N-dealkylation sites (tertiary alicyclic amines) is 1. The summed E-state index contributed by atoms with van der Waals surface area (Å²) in [6, 6.07) is 0.864. The number of hydrogen-bond acceptors (Lipinski definition) is 2. The summed E-state index contributed by atoms with van der Waals surface area (Å²) in [6.45, 7) is 6.71. The number of nitrogens with zero attached hydrogens (tertiary/aromatic N) is 1. The number of nitrogens with two attached hydrogens (primary N) is 1. The Hall–Kier alpha value is -0.0800. The standard InChI is InChI=1S/C12H24N2/c1-3-12(2,9-13)14-8-7-10-5-4-6-11(10)14/h10-11H,3-9,13H2,1-2H3. The predicted octanol–water partition coefficient (Wildman–Crippen LogP) is 1.99. The Kier molecular flexibility index (Phi) is 2.85. The zero-order chi connectivity index (χ0) is 10.2. The van der Waals surface area contributed by atoms with Crippen molar-refractivity contribution in [1.29, 1.82) is 0 Å². The first-order valence-corrected chi connectivity index (χ1v) is 6.18. The Bertz CT molecular complexity index is 198. The minimum absolute atomic E-state index is 0.268. The summed E-state index contributed by atoms with van der Waals surface area (Å²) in [6.07, 6.45) is 6.93. The lowest BCUT2D eigenvalue weighted by molar-refractivity contribution is 0.0867. The lowest BCUT2D eigenvalue weighted by atomic mass is 9.94. The van der Waals surface area contributed by atoms with Crippen molar-refractivity contribution in [3.8, 4) is 0 Å². The fourth-order valence-corrected chi connectivity index (χ4v) is 3.37. The Labute approximate surface area is 87.8 Å². The average Bonchev–Trinajstić information content (AvgIpc) is 2.77. The van der Waals surface area contributed by atoms with E-state index in [0.29, 0.717) is 0 Å². The second-order valence-electron chi connectivity index (χ2n) is 5.30. The van der Waals surface area contributed by atoms with Gasteiger partial charge in [0.2, 0.25) is 0 Å². The van der Waals surface area contributed by atoms with E-state index in [-0.39, 0.29) is 5.54 Å². The topological polar surface area (TPSA) is 29.3 Å². The van der Waals surface area contributed by atoms with Crippen molar-refractivity contribution in [2.24, 2.45) is 11.7 Å². The molecule has 3 atom stereocenters. The molecule has 14 heavy (non-hydrogen) atoms. The molecule has 1 aliphatic carbocycles. The van der Waals surface area contributed by atoms with Crippen molar-refractivity contribution in [1.82, 2.24) is 4.90 Å². The van der Waals surface area contributed by atoms with Gasteiger partial charge >= 0.3 is 0 Å². The second-order valence-corrected chi connectivity index (χ2v) is 5.30. The summed E-state index contributed by atoms with van der Waals surface area (Å²) < 4.78 is 0. The van der Waals surface area contributed by atoms with Crippen LogP contribution in [0.5, 0.6) is 0 Å². The Morgan fingerprint density at radius 3 is 2.79 bits per heavy atom. The highest BCUT2D eigenvalue weighted by molar-refractivity contribution is 4.99. The summed E-state index contributed by atoms with van der Waals surface area (Å²) in [7, 11) is 0. The molecule has 0 aromatic heterocycles. The van der Waals surface area contributed by atoms with Crippen LogP contribution in [0.25, 0.3) is 0 Å². The molecule has 1 heterocycles. The fraction of sp³-hybridized carbons (Fsp3) is 1.00. The molecular formula is C12H24N2. The van der Waals surface area contributed by atoms with Crippen molar-refractivity contribution >= 4 is 0 Å². The number of fused-ring (bicyclic) bond motifs is 1. The van der Waals surface area contributed by atoms with Gasteiger partial charge in [0.1, 0.15) is 0 Å². The summed E-state index contributed by atoms with van der Waals surface area (Å²) in [5, 5.41) is 0. The molecule has 0 bridgehead atoms. The molecule has 0 radical (unpaired) electrons. The van der Waals surface area contributed by atoms with Gasteiger partial charge in [0, 0.05) is 18.1 Å². The lowest BCUT2D eigenvalue weighted by Gasteiger charge is -2.41. The maximum Gasteiger partial charge on any atom is 0.0304 e. The average molecular weight is 196 g/mol. The van der Waals surface area contributed by atoms with Gasteiger partial charge in [-0.2, -0.15) is 0 Å². The predicted molar refractivity (Wildman–Crippen MR) is 60.2 cm³/mol. The fourth-order valence-electron chi connectivity index (χ4n) is 3.37. The van der Waals surface area contributed by atoms with Gasteiger partial charge in [-0.05, 0) is 45.1 Å². The van der Waals surface area contributed by atoms with E-state index in [1.54, 1.807) is 0 Å². The van der Waals surface area contributed by atoms with Crippen molar-refractivity contribution in [3.63, 3.8) is 0 Å². The molecular weight excluding hydrogens is 172 g/mol.